The van der Waals surface area contributed by atoms with Gasteiger partial charge >= 0.3 is 0 Å². The minimum absolute atomic E-state index is 0.154. The summed E-state index contributed by atoms with van der Waals surface area (Å²) in [6.07, 6.45) is 12.9. The van der Waals surface area contributed by atoms with Crippen LogP contribution in [0.1, 0.15) is 40.0 Å². The smallest absolute Gasteiger partial charge is 0.0327 e. The van der Waals surface area contributed by atoms with Crippen LogP contribution in [0.2, 0.25) is 0 Å². The van der Waals surface area contributed by atoms with Crippen LogP contribution in [-0.2, 0) is 0 Å². The van der Waals surface area contributed by atoms with Crippen LogP contribution in [0, 0.1) is 11.3 Å². The molecule has 1 N–H and O–H groups in total. The molecule has 90 valence electrons. The summed E-state index contributed by atoms with van der Waals surface area (Å²) in [6.45, 7) is 11.5. The molecule has 1 atom stereocenters. The fraction of sp³-hybridized carbons (Fsp3) is 0.600. The Balaban J connectivity index is 2.22. The molecule has 0 saturated heterocycles. The predicted octanol–water partition coefficient (Wildman–Crippen LogP) is 4.05. The van der Waals surface area contributed by atoms with Gasteiger partial charge in [0.1, 0.15) is 0 Å². The molecule has 0 aromatic heterocycles. The predicted molar refractivity (Wildman–Crippen MR) is 72.2 cm³/mol. The average Bonchev–Trinajstić information content (AvgIpc) is 2.24. The van der Waals surface area contributed by atoms with Crippen LogP contribution in [0.15, 0.2) is 36.6 Å². The van der Waals surface area contributed by atoms with Crippen LogP contribution in [-0.4, -0.2) is 6.54 Å². The zero-order valence-electron chi connectivity index (χ0n) is 10.9. The van der Waals surface area contributed by atoms with Crippen molar-refractivity contribution < 1.29 is 0 Å². The summed E-state index contributed by atoms with van der Waals surface area (Å²) in [5.74, 6) is 0.745. The Labute approximate surface area is 100 Å². The van der Waals surface area contributed by atoms with E-state index in [9.17, 15) is 0 Å². The van der Waals surface area contributed by atoms with E-state index in [1.807, 2.05) is 0 Å². The highest BCUT2D eigenvalue weighted by Gasteiger charge is 2.13. The molecule has 0 heterocycles. The zero-order valence-corrected chi connectivity index (χ0v) is 10.9. The lowest BCUT2D eigenvalue weighted by Gasteiger charge is -2.22. The summed E-state index contributed by atoms with van der Waals surface area (Å²) < 4.78 is 0. The lowest BCUT2D eigenvalue weighted by Crippen LogP contribution is -2.23. The minimum Gasteiger partial charge on any atom is -0.385 e. The highest BCUT2D eigenvalue weighted by atomic mass is 14.9. The van der Waals surface area contributed by atoms with Crippen molar-refractivity contribution in [2.24, 2.45) is 11.3 Å². The van der Waals surface area contributed by atoms with Crippen molar-refractivity contribution in [3.05, 3.63) is 36.6 Å². The van der Waals surface area contributed by atoms with Crippen LogP contribution >= 0.6 is 0 Å². The van der Waals surface area contributed by atoms with Gasteiger partial charge in [0.05, 0.1) is 0 Å². The van der Waals surface area contributed by atoms with Crippen LogP contribution in [0.3, 0.4) is 0 Å². The molecule has 0 saturated carbocycles. The topological polar surface area (TPSA) is 12.0 Å². The highest BCUT2D eigenvalue weighted by molar-refractivity contribution is 5.05. The molecule has 1 heteroatoms. The Hall–Kier alpha value is -0.980. The fourth-order valence-corrected chi connectivity index (χ4v) is 1.70. The molecule has 1 aliphatic carbocycles. The maximum absolute atomic E-state index is 4.05. The molecule has 1 unspecified atom stereocenters. The van der Waals surface area contributed by atoms with E-state index in [4.69, 9.17) is 0 Å². The first kappa shape index (κ1) is 13.1. The Bertz CT molecular complexity index is 278. The molecule has 0 bridgehead atoms. The van der Waals surface area contributed by atoms with Crippen molar-refractivity contribution in [1.82, 2.24) is 5.32 Å². The second-order valence-corrected chi connectivity index (χ2v) is 5.58. The third-order valence-corrected chi connectivity index (χ3v) is 3.06. The normalized spacial score (nSPS) is 21.3. The SMILES string of the molecule is C=C(NC/C=C/C1CC=CCC1)C(C)(C)C. The average molecular weight is 219 g/mol. The molecule has 1 aliphatic rings. The Morgan fingerprint density at radius 3 is 2.75 bits per heavy atom. The maximum Gasteiger partial charge on any atom is 0.0327 e. The molecule has 0 aromatic carbocycles. The number of nitrogens with one attached hydrogen (secondary N) is 1. The minimum atomic E-state index is 0.154. The van der Waals surface area contributed by atoms with Gasteiger partial charge in [-0.05, 0) is 25.2 Å². The Kier molecular flexibility index (Phi) is 4.85. The summed E-state index contributed by atoms with van der Waals surface area (Å²) in [5, 5.41) is 3.36. The van der Waals surface area contributed by atoms with Gasteiger partial charge in [-0.3, -0.25) is 0 Å². The molecule has 1 rings (SSSR count). The first-order chi connectivity index (χ1) is 7.50. The van der Waals surface area contributed by atoms with Gasteiger partial charge in [0, 0.05) is 17.7 Å². The third kappa shape index (κ3) is 4.69. The lowest BCUT2D eigenvalue weighted by atomic mass is 9.92. The van der Waals surface area contributed by atoms with Gasteiger partial charge in [-0.1, -0.05) is 51.7 Å². The van der Waals surface area contributed by atoms with Crippen LogP contribution in [0.4, 0.5) is 0 Å². The molecular formula is C15H25N. The van der Waals surface area contributed by atoms with Crippen molar-refractivity contribution in [3.8, 4) is 0 Å². The maximum atomic E-state index is 4.05. The molecule has 0 fully saturated rings. The van der Waals surface area contributed by atoms with E-state index in [2.05, 4.69) is 57.0 Å². The first-order valence-electron chi connectivity index (χ1n) is 6.25. The van der Waals surface area contributed by atoms with Gasteiger partial charge < -0.3 is 5.32 Å². The van der Waals surface area contributed by atoms with Crippen molar-refractivity contribution in [2.75, 3.05) is 6.54 Å². The van der Waals surface area contributed by atoms with Gasteiger partial charge in [0.2, 0.25) is 0 Å². The molecule has 0 amide bonds. The molecular weight excluding hydrogens is 194 g/mol. The van der Waals surface area contributed by atoms with Crippen molar-refractivity contribution in [1.29, 1.82) is 0 Å². The highest BCUT2D eigenvalue weighted by Crippen LogP contribution is 2.21. The van der Waals surface area contributed by atoms with E-state index in [1.165, 1.54) is 19.3 Å². The molecule has 0 radical (unpaired) electrons. The van der Waals surface area contributed by atoms with Crippen LogP contribution in [0.25, 0.3) is 0 Å². The monoisotopic (exact) mass is 219 g/mol. The zero-order chi connectivity index (χ0) is 12.0. The quantitative estimate of drug-likeness (QED) is 0.703. The molecule has 0 aliphatic heterocycles. The van der Waals surface area contributed by atoms with Gasteiger partial charge in [-0.2, -0.15) is 0 Å². The molecule has 0 aromatic rings. The fourth-order valence-electron chi connectivity index (χ4n) is 1.70. The van der Waals surface area contributed by atoms with Gasteiger partial charge in [-0.25, -0.2) is 0 Å². The van der Waals surface area contributed by atoms with Crippen LogP contribution < -0.4 is 5.32 Å². The number of rotatable bonds is 4. The number of hydrogen-bond acceptors (Lipinski definition) is 1. The van der Waals surface area contributed by atoms with E-state index in [0.29, 0.717) is 0 Å². The Morgan fingerprint density at radius 2 is 2.19 bits per heavy atom. The first-order valence-corrected chi connectivity index (χ1v) is 6.25. The molecule has 1 nitrogen and oxygen atoms in total. The Morgan fingerprint density at radius 1 is 1.44 bits per heavy atom. The van der Waals surface area contributed by atoms with Crippen LogP contribution in [0.5, 0.6) is 0 Å². The van der Waals surface area contributed by atoms with E-state index in [-0.39, 0.29) is 5.41 Å². The number of allylic oxidation sites excluding steroid dienone is 4. The van der Waals surface area contributed by atoms with Crippen molar-refractivity contribution in [3.63, 3.8) is 0 Å². The summed E-state index contributed by atoms with van der Waals surface area (Å²) >= 11 is 0. The van der Waals surface area contributed by atoms with E-state index >= 15 is 0 Å². The third-order valence-electron chi connectivity index (χ3n) is 3.06. The lowest BCUT2D eigenvalue weighted by molar-refractivity contribution is 0.469. The van der Waals surface area contributed by atoms with Crippen molar-refractivity contribution in [2.45, 2.75) is 40.0 Å². The number of hydrogen-bond donors (Lipinski definition) is 1. The molecule has 16 heavy (non-hydrogen) atoms. The molecule has 0 spiro atoms. The van der Waals surface area contributed by atoms with Gasteiger partial charge in [0.25, 0.3) is 0 Å². The standard InChI is InChI=1S/C15H25N/c1-13(15(2,3)4)16-12-8-11-14-9-6-5-7-10-14/h5-6,8,11,14,16H,1,7,9-10,12H2,2-4H3/b11-8+. The summed E-state index contributed by atoms with van der Waals surface area (Å²) in [7, 11) is 0. The van der Waals surface area contributed by atoms with E-state index in [0.717, 1.165) is 18.2 Å². The summed E-state index contributed by atoms with van der Waals surface area (Å²) in [6, 6.07) is 0. The summed E-state index contributed by atoms with van der Waals surface area (Å²) in [5.41, 5.74) is 1.27. The van der Waals surface area contributed by atoms with E-state index in [1.54, 1.807) is 0 Å². The van der Waals surface area contributed by atoms with Gasteiger partial charge in [-0.15, -0.1) is 0 Å². The second kappa shape index (κ2) is 5.93. The summed E-state index contributed by atoms with van der Waals surface area (Å²) in [4.78, 5) is 0. The van der Waals surface area contributed by atoms with Gasteiger partial charge in [0.15, 0.2) is 0 Å². The second-order valence-electron chi connectivity index (χ2n) is 5.58. The van der Waals surface area contributed by atoms with Crippen molar-refractivity contribution >= 4 is 0 Å². The largest absolute Gasteiger partial charge is 0.385 e. The van der Waals surface area contributed by atoms with E-state index < -0.39 is 0 Å².